The number of carbonyl (C=O) groups is 1. The molecule has 0 saturated carbocycles. The van der Waals surface area contributed by atoms with E-state index >= 15 is 0 Å². The first-order valence-electron chi connectivity index (χ1n) is 9.70. The fraction of sp³-hybridized carbons (Fsp3) is 0.524. The van der Waals surface area contributed by atoms with E-state index in [9.17, 15) is 9.59 Å². The zero-order valence-corrected chi connectivity index (χ0v) is 16.4. The number of carbonyl (C=O) groups excluding carboxylic acids is 1. The highest BCUT2D eigenvalue weighted by molar-refractivity contribution is 5.89. The van der Waals surface area contributed by atoms with Gasteiger partial charge in [-0.15, -0.1) is 0 Å². The summed E-state index contributed by atoms with van der Waals surface area (Å²) in [4.78, 5) is 26.6. The minimum absolute atomic E-state index is 0.0925. The summed E-state index contributed by atoms with van der Waals surface area (Å²) in [5.74, 6) is 0.335. The van der Waals surface area contributed by atoms with E-state index in [0.717, 1.165) is 38.5 Å². The second-order valence-corrected chi connectivity index (χ2v) is 6.52. The van der Waals surface area contributed by atoms with E-state index in [0.29, 0.717) is 35.6 Å². The van der Waals surface area contributed by atoms with Crippen molar-refractivity contribution in [3.05, 3.63) is 28.6 Å². The minimum atomic E-state index is -0.560. The molecule has 0 unspecified atom stereocenters. The molecule has 2 aromatic rings. The Morgan fingerprint density at radius 3 is 2.41 bits per heavy atom. The largest absolute Gasteiger partial charge is 0.494 e. The first-order valence-corrected chi connectivity index (χ1v) is 9.70. The molecule has 6 nitrogen and oxygen atoms in total. The van der Waals surface area contributed by atoms with E-state index in [1.807, 2.05) is 12.1 Å². The number of aromatic amines is 1. The molecule has 0 amide bonds. The summed E-state index contributed by atoms with van der Waals surface area (Å²) >= 11 is 0. The van der Waals surface area contributed by atoms with Gasteiger partial charge in [0.1, 0.15) is 5.75 Å². The van der Waals surface area contributed by atoms with Crippen LogP contribution in [0.3, 0.4) is 0 Å². The second kappa shape index (κ2) is 10.6. The lowest BCUT2D eigenvalue weighted by atomic mass is 10.1. The van der Waals surface area contributed by atoms with Crippen LogP contribution in [0.1, 0.15) is 59.3 Å². The lowest BCUT2D eigenvalue weighted by Crippen LogP contribution is -2.16. The van der Waals surface area contributed by atoms with Crippen LogP contribution in [0.4, 0.5) is 0 Å². The maximum Gasteiger partial charge on any atom is 0.308 e. The monoisotopic (exact) mass is 375 g/mol. The van der Waals surface area contributed by atoms with Gasteiger partial charge in [-0.25, -0.2) is 0 Å². The molecule has 2 rings (SSSR count). The molecule has 0 aliphatic rings. The second-order valence-electron chi connectivity index (χ2n) is 6.52. The first-order chi connectivity index (χ1) is 13.1. The van der Waals surface area contributed by atoms with Crippen molar-refractivity contribution in [1.29, 1.82) is 0 Å². The lowest BCUT2D eigenvalue weighted by molar-refractivity contribution is -0.132. The Kier molecular flexibility index (Phi) is 8.17. The molecule has 27 heavy (non-hydrogen) atoms. The van der Waals surface area contributed by atoms with E-state index in [1.165, 1.54) is 6.92 Å². The Morgan fingerprint density at radius 2 is 1.70 bits per heavy atom. The summed E-state index contributed by atoms with van der Waals surface area (Å²) in [5, 5.41) is 0.684. The van der Waals surface area contributed by atoms with E-state index in [1.54, 1.807) is 6.07 Å². The van der Waals surface area contributed by atoms with Crippen LogP contribution in [0.2, 0.25) is 0 Å². The predicted octanol–water partition coefficient (Wildman–Crippen LogP) is 4.59. The van der Waals surface area contributed by atoms with E-state index < -0.39 is 11.5 Å². The molecule has 0 aliphatic carbocycles. The van der Waals surface area contributed by atoms with Gasteiger partial charge in [0, 0.05) is 18.4 Å². The Hall–Kier alpha value is -2.50. The number of esters is 1. The number of benzene rings is 1. The molecule has 0 radical (unpaired) electrons. The molecule has 0 atom stereocenters. The predicted molar refractivity (Wildman–Crippen MR) is 106 cm³/mol. The molecule has 0 aliphatic heterocycles. The van der Waals surface area contributed by atoms with Crippen LogP contribution in [0.5, 0.6) is 17.2 Å². The standard InChI is InChI=1S/C21H29NO5/c1-4-6-8-9-13-26-19-17-11-10-16(25-12-7-5-2)14-18(17)22-21(24)20(19)27-15(3)23/h10-11,14H,4-9,12-13H2,1-3H3,(H,22,24). The Labute approximate surface area is 159 Å². The molecule has 148 valence electrons. The maximum atomic E-state index is 12.4. The maximum absolute atomic E-state index is 12.4. The van der Waals surface area contributed by atoms with Gasteiger partial charge in [0.25, 0.3) is 5.56 Å². The van der Waals surface area contributed by atoms with Crippen LogP contribution in [0.25, 0.3) is 10.9 Å². The quantitative estimate of drug-likeness (QED) is 0.459. The number of pyridine rings is 1. The highest BCUT2D eigenvalue weighted by atomic mass is 16.6. The summed E-state index contributed by atoms with van der Waals surface area (Å²) in [5.41, 5.74) is 0.0976. The van der Waals surface area contributed by atoms with Crippen LogP contribution in [0.15, 0.2) is 23.0 Å². The molecule has 0 spiro atoms. The number of nitrogens with one attached hydrogen (secondary N) is 1. The number of rotatable bonds is 11. The third-order valence-corrected chi connectivity index (χ3v) is 4.15. The molecule has 1 N–H and O–H groups in total. The average molecular weight is 375 g/mol. The molecule has 6 heteroatoms. The van der Waals surface area contributed by atoms with Crippen LogP contribution >= 0.6 is 0 Å². The Bertz CT molecular complexity index is 812. The number of H-pyrrole nitrogens is 1. The van der Waals surface area contributed by atoms with Crippen molar-refractivity contribution >= 4 is 16.9 Å². The summed E-state index contributed by atoms with van der Waals surface area (Å²) in [6.45, 7) is 6.59. The number of unbranched alkanes of at least 4 members (excludes halogenated alkanes) is 4. The van der Waals surface area contributed by atoms with Gasteiger partial charge in [0.2, 0.25) is 5.75 Å². The number of aromatic nitrogens is 1. The van der Waals surface area contributed by atoms with Crippen molar-refractivity contribution in [1.82, 2.24) is 4.98 Å². The van der Waals surface area contributed by atoms with Gasteiger partial charge in [-0.1, -0.05) is 39.5 Å². The van der Waals surface area contributed by atoms with E-state index in [4.69, 9.17) is 14.2 Å². The van der Waals surface area contributed by atoms with Crippen LogP contribution in [-0.4, -0.2) is 24.2 Å². The molecule has 1 heterocycles. The number of hydrogen-bond donors (Lipinski definition) is 1. The zero-order chi connectivity index (χ0) is 19.6. The van der Waals surface area contributed by atoms with Crippen molar-refractivity contribution in [2.45, 2.75) is 59.3 Å². The number of hydrogen-bond acceptors (Lipinski definition) is 5. The summed E-state index contributed by atoms with van der Waals surface area (Å²) < 4.78 is 16.7. The third kappa shape index (κ3) is 6.01. The first kappa shape index (κ1) is 20.8. The van der Waals surface area contributed by atoms with Gasteiger partial charge in [-0.2, -0.15) is 0 Å². The summed E-state index contributed by atoms with van der Waals surface area (Å²) in [6.07, 6.45) is 6.20. The topological polar surface area (TPSA) is 77.6 Å². The lowest BCUT2D eigenvalue weighted by Gasteiger charge is -2.14. The van der Waals surface area contributed by atoms with Crippen LogP contribution in [-0.2, 0) is 4.79 Å². The minimum Gasteiger partial charge on any atom is -0.494 e. The fourth-order valence-corrected chi connectivity index (χ4v) is 2.74. The van der Waals surface area contributed by atoms with Crippen molar-refractivity contribution in [2.24, 2.45) is 0 Å². The number of fused-ring (bicyclic) bond motifs is 1. The molecular formula is C21H29NO5. The smallest absolute Gasteiger partial charge is 0.308 e. The van der Waals surface area contributed by atoms with Gasteiger partial charge in [-0.3, -0.25) is 9.59 Å². The molecular weight excluding hydrogens is 346 g/mol. The Balaban J connectivity index is 2.33. The van der Waals surface area contributed by atoms with Gasteiger partial charge in [-0.05, 0) is 25.0 Å². The molecule has 1 aromatic carbocycles. The molecule has 1 aromatic heterocycles. The Morgan fingerprint density at radius 1 is 0.963 bits per heavy atom. The van der Waals surface area contributed by atoms with E-state index in [2.05, 4.69) is 18.8 Å². The van der Waals surface area contributed by atoms with Gasteiger partial charge in [0.05, 0.1) is 18.7 Å². The van der Waals surface area contributed by atoms with Crippen molar-refractivity contribution in [3.63, 3.8) is 0 Å². The summed E-state index contributed by atoms with van der Waals surface area (Å²) in [7, 11) is 0. The number of ether oxygens (including phenoxy) is 3. The van der Waals surface area contributed by atoms with Gasteiger partial charge < -0.3 is 19.2 Å². The fourth-order valence-electron chi connectivity index (χ4n) is 2.74. The average Bonchev–Trinajstić information content (AvgIpc) is 2.63. The zero-order valence-electron chi connectivity index (χ0n) is 16.4. The normalized spacial score (nSPS) is 10.8. The summed E-state index contributed by atoms with van der Waals surface area (Å²) in [6, 6.07) is 5.42. The third-order valence-electron chi connectivity index (χ3n) is 4.15. The molecule has 0 fully saturated rings. The van der Waals surface area contributed by atoms with Crippen molar-refractivity contribution in [3.8, 4) is 17.2 Å². The SMILES string of the molecule is CCCCCCOc1c(OC(C)=O)c(=O)[nH]c2cc(OCCCC)ccc12. The highest BCUT2D eigenvalue weighted by Gasteiger charge is 2.18. The van der Waals surface area contributed by atoms with Gasteiger partial charge in [0.15, 0.2) is 5.75 Å². The van der Waals surface area contributed by atoms with Gasteiger partial charge >= 0.3 is 5.97 Å². The van der Waals surface area contributed by atoms with Crippen LogP contribution < -0.4 is 19.8 Å². The van der Waals surface area contributed by atoms with Crippen molar-refractivity contribution in [2.75, 3.05) is 13.2 Å². The highest BCUT2D eigenvalue weighted by Crippen LogP contribution is 2.33. The van der Waals surface area contributed by atoms with Crippen LogP contribution in [0, 0.1) is 0 Å². The van der Waals surface area contributed by atoms with E-state index in [-0.39, 0.29) is 5.75 Å². The van der Waals surface area contributed by atoms with Crippen molar-refractivity contribution < 1.29 is 19.0 Å². The molecule has 0 saturated heterocycles. The molecule has 0 bridgehead atoms.